The van der Waals surface area contributed by atoms with Crippen molar-refractivity contribution in [3.05, 3.63) is 24.3 Å². The standard InChI is InChI=1S/C37H70NO8P/c1-5-7-9-11-13-15-17-18-20-22-24-26-28-30-37(40)46-35(34-45-47(41,42)44-32-31-38(3)4)33-43-36(39)29-27-25-23-21-19-16-14-12-10-8-6-2/h12,14-15,17,35H,5-11,13,16,18-34H2,1-4H3,(H,41,42)/b14-12-,17-15-. The second-order valence-corrected chi connectivity index (χ2v) is 14.2. The number of ether oxygens (including phenoxy) is 2. The smallest absolute Gasteiger partial charge is 0.462 e. The molecule has 10 heteroatoms. The van der Waals surface area contributed by atoms with Crippen LogP contribution >= 0.6 is 7.82 Å². The van der Waals surface area contributed by atoms with Crippen LogP contribution in [0.5, 0.6) is 0 Å². The Balaban J connectivity index is 4.41. The number of unbranched alkanes of at least 4 members (excludes halogenated alkanes) is 16. The molecule has 9 nitrogen and oxygen atoms in total. The molecule has 0 spiro atoms. The number of nitrogens with zero attached hydrogens (tertiary/aromatic N) is 1. The molecule has 47 heavy (non-hydrogen) atoms. The van der Waals surface area contributed by atoms with Gasteiger partial charge in [0, 0.05) is 19.4 Å². The van der Waals surface area contributed by atoms with Gasteiger partial charge >= 0.3 is 19.8 Å². The Bertz CT molecular complexity index is 848. The Morgan fingerprint density at radius 1 is 0.638 bits per heavy atom. The summed E-state index contributed by atoms with van der Waals surface area (Å²) in [5.74, 6) is -0.826. The highest BCUT2D eigenvalue weighted by atomic mass is 31.2. The number of esters is 2. The van der Waals surface area contributed by atoms with Gasteiger partial charge in [0.05, 0.1) is 13.2 Å². The number of hydrogen-bond acceptors (Lipinski definition) is 8. The molecular formula is C37H70NO8P. The lowest BCUT2D eigenvalue weighted by Crippen LogP contribution is -2.29. The Morgan fingerprint density at radius 2 is 1.11 bits per heavy atom. The molecule has 0 radical (unpaired) electrons. The average Bonchev–Trinajstić information content (AvgIpc) is 3.03. The van der Waals surface area contributed by atoms with E-state index in [0.29, 0.717) is 13.0 Å². The van der Waals surface area contributed by atoms with Crippen molar-refractivity contribution in [2.24, 2.45) is 0 Å². The fourth-order valence-electron chi connectivity index (χ4n) is 4.78. The van der Waals surface area contributed by atoms with Gasteiger partial charge in [0.25, 0.3) is 0 Å². The van der Waals surface area contributed by atoms with Crippen molar-refractivity contribution in [1.29, 1.82) is 0 Å². The number of phosphoric acid groups is 1. The number of hydrogen-bond donors (Lipinski definition) is 1. The Morgan fingerprint density at radius 3 is 1.64 bits per heavy atom. The van der Waals surface area contributed by atoms with E-state index in [-0.39, 0.29) is 32.0 Å². The molecule has 0 aromatic carbocycles. The molecule has 0 aliphatic carbocycles. The fraction of sp³-hybridized carbons (Fsp3) is 0.838. The first-order valence-electron chi connectivity index (χ1n) is 18.6. The molecule has 0 aliphatic heterocycles. The summed E-state index contributed by atoms with van der Waals surface area (Å²) in [5.41, 5.74) is 0. The van der Waals surface area contributed by atoms with Crippen LogP contribution in [0.1, 0.15) is 155 Å². The predicted molar refractivity (Wildman–Crippen MR) is 192 cm³/mol. The van der Waals surface area contributed by atoms with Crippen molar-refractivity contribution >= 4 is 19.8 Å². The van der Waals surface area contributed by atoms with Crippen molar-refractivity contribution in [3.8, 4) is 0 Å². The van der Waals surface area contributed by atoms with Crippen LogP contribution in [-0.4, -0.2) is 68.3 Å². The first-order chi connectivity index (χ1) is 22.7. The highest BCUT2D eigenvalue weighted by molar-refractivity contribution is 7.47. The van der Waals surface area contributed by atoms with E-state index in [9.17, 15) is 19.0 Å². The van der Waals surface area contributed by atoms with Crippen molar-refractivity contribution < 1.29 is 37.6 Å². The van der Waals surface area contributed by atoms with Crippen LogP contribution in [-0.2, 0) is 32.7 Å². The van der Waals surface area contributed by atoms with Crippen LogP contribution in [0.15, 0.2) is 24.3 Å². The van der Waals surface area contributed by atoms with Crippen molar-refractivity contribution in [3.63, 3.8) is 0 Å². The summed E-state index contributed by atoms with van der Waals surface area (Å²) in [5, 5.41) is 0. The van der Waals surface area contributed by atoms with Crippen LogP contribution in [0.25, 0.3) is 0 Å². The predicted octanol–water partition coefficient (Wildman–Crippen LogP) is 9.87. The second-order valence-electron chi connectivity index (χ2n) is 12.7. The van der Waals surface area contributed by atoms with E-state index < -0.39 is 26.5 Å². The average molecular weight is 688 g/mol. The first-order valence-corrected chi connectivity index (χ1v) is 20.1. The minimum atomic E-state index is -4.35. The second kappa shape index (κ2) is 33.0. The Labute approximate surface area is 287 Å². The molecule has 2 atom stereocenters. The third-order valence-electron chi connectivity index (χ3n) is 7.73. The lowest BCUT2D eigenvalue weighted by atomic mass is 10.1. The molecule has 0 fully saturated rings. The maximum atomic E-state index is 12.6. The minimum absolute atomic E-state index is 0.00517. The first kappa shape index (κ1) is 45.5. The summed E-state index contributed by atoms with van der Waals surface area (Å²) >= 11 is 0. The molecule has 0 bridgehead atoms. The summed E-state index contributed by atoms with van der Waals surface area (Å²) in [6.45, 7) is 4.23. The molecule has 0 amide bonds. The van der Waals surface area contributed by atoms with Crippen molar-refractivity contribution in [2.45, 2.75) is 161 Å². The molecule has 0 saturated carbocycles. The normalized spacial score (nSPS) is 13.8. The molecule has 0 rings (SSSR count). The number of phosphoric ester groups is 1. The van der Waals surface area contributed by atoms with Gasteiger partial charge in [-0.1, -0.05) is 109 Å². The van der Waals surface area contributed by atoms with Gasteiger partial charge < -0.3 is 19.3 Å². The van der Waals surface area contributed by atoms with Gasteiger partial charge in [-0.25, -0.2) is 4.57 Å². The van der Waals surface area contributed by atoms with Gasteiger partial charge in [-0.15, -0.1) is 0 Å². The molecule has 0 aliphatic rings. The molecular weight excluding hydrogens is 617 g/mol. The number of carbonyl (C=O) groups excluding carboxylic acids is 2. The molecule has 2 unspecified atom stereocenters. The third kappa shape index (κ3) is 34.2. The number of carbonyl (C=O) groups is 2. The summed E-state index contributed by atoms with van der Waals surface area (Å²) in [4.78, 5) is 36.8. The van der Waals surface area contributed by atoms with Crippen molar-refractivity contribution in [2.75, 3.05) is 40.5 Å². The molecule has 0 saturated heterocycles. The van der Waals surface area contributed by atoms with E-state index in [1.807, 2.05) is 19.0 Å². The topological polar surface area (TPSA) is 112 Å². The summed E-state index contributed by atoms with van der Waals surface area (Å²) in [7, 11) is -0.716. The molecule has 276 valence electrons. The number of rotatable bonds is 34. The summed E-state index contributed by atoms with van der Waals surface area (Å²) in [6, 6.07) is 0. The van der Waals surface area contributed by atoms with E-state index in [1.165, 1.54) is 44.9 Å². The summed E-state index contributed by atoms with van der Waals surface area (Å²) < 4.78 is 33.3. The molecule has 0 aromatic rings. The zero-order valence-electron chi connectivity index (χ0n) is 30.5. The Hall–Kier alpha value is -1.51. The van der Waals surface area contributed by atoms with Crippen LogP contribution in [0.2, 0.25) is 0 Å². The largest absolute Gasteiger partial charge is 0.472 e. The van der Waals surface area contributed by atoms with Crippen LogP contribution < -0.4 is 0 Å². The Kier molecular flexibility index (Phi) is 31.9. The summed E-state index contributed by atoms with van der Waals surface area (Å²) in [6.07, 6.45) is 30.8. The highest BCUT2D eigenvalue weighted by Gasteiger charge is 2.26. The van der Waals surface area contributed by atoms with Crippen LogP contribution in [0.3, 0.4) is 0 Å². The maximum Gasteiger partial charge on any atom is 0.472 e. The molecule has 1 N–H and O–H groups in total. The van der Waals surface area contributed by atoms with Gasteiger partial charge in [0.2, 0.25) is 0 Å². The van der Waals surface area contributed by atoms with Crippen LogP contribution in [0, 0.1) is 0 Å². The van der Waals surface area contributed by atoms with Crippen molar-refractivity contribution in [1.82, 2.24) is 4.90 Å². The van der Waals surface area contributed by atoms with E-state index in [1.54, 1.807) is 0 Å². The van der Waals surface area contributed by atoms with Gasteiger partial charge in [0.1, 0.15) is 6.61 Å². The van der Waals surface area contributed by atoms with Gasteiger partial charge in [-0.3, -0.25) is 18.6 Å². The molecule has 0 heterocycles. The number of allylic oxidation sites excluding steroid dienone is 4. The quantitative estimate of drug-likeness (QED) is 0.0306. The van der Waals surface area contributed by atoms with E-state index >= 15 is 0 Å². The fourth-order valence-corrected chi connectivity index (χ4v) is 5.52. The highest BCUT2D eigenvalue weighted by Crippen LogP contribution is 2.43. The minimum Gasteiger partial charge on any atom is -0.462 e. The van der Waals surface area contributed by atoms with Gasteiger partial charge in [-0.05, 0) is 71.9 Å². The lowest BCUT2D eigenvalue weighted by molar-refractivity contribution is -0.161. The van der Waals surface area contributed by atoms with E-state index in [2.05, 4.69) is 38.2 Å². The zero-order valence-corrected chi connectivity index (χ0v) is 31.4. The monoisotopic (exact) mass is 687 g/mol. The van der Waals surface area contributed by atoms with Crippen LogP contribution in [0.4, 0.5) is 0 Å². The maximum absolute atomic E-state index is 12.6. The molecule has 0 aromatic heterocycles. The zero-order chi connectivity index (χ0) is 34.9. The lowest BCUT2D eigenvalue weighted by Gasteiger charge is -2.20. The third-order valence-corrected chi connectivity index (χ3v) is 8.71. The van der Waals surface area contributed by atoms with Gasteiger partial charge in [0.15, 0.2) is 6.10 Å². The SMILES string of the molecule is CCCC/C=C\CCCCCCCC(=O)OCC(COP(=O)(O)OCCN(C)C)OC(=O)CCCCCCC/C=C\CCCCCC. The number of likely N-dealkylation sites (N-methyl/N-ethyl adjacent to an activating group) is 1. The van der Waals surface area contributed by atoms with Gasteiger partial charge in [-0.2, -0.15) is 0 Å². The van der Waals surface area contributed by atoms with E-state index in [0.717, 1.165) is 77.0 Å². The van der Waals surface area contributed by atoms with E-state index in [4.69, 9.17) is 18.5 Å².